The molecule has 0 radical (unpaired) electrons. The SMILES string of the molecule is CC(C)(C)c1ccc2c(c1)B1c3ccc4c(oc5ccc(C(C)(C)C)cc54)c3N(c3ccc(C(C)(C)C)cc3-c3ccccc3)c3cc(N4c5ccc(C(C)(C)C)cc5C5(C)CCCCC45C)cc(c31)N2c1cccc2c1oc1ccccc12. The number of fused-ring (bicyclic) bond motifs is 14. The number of nitrogens with zero attached hydrogens (tertiary/aromatic N) is 3. The van der Waals surface area contributed by atoms with E-state index >= 15 is 0 Å². The highest BCUT2D eigenvalue weighted by atomic mass is 16.3. The number of para-hydroxylation sites is 2. The molecular weight excluding hydrogens is 1020 g/mol. The Morgan fingerprint density at radius 1 is 0.417 bits per heavy atom. The first-order valence-corrected chi connectivity index (χ1v) is 30.9. The Kier molecular flexibility index (Phi) is 11.2. The van der Waals surface area contributed by atoms with E-state index in [1.165, 1.54) is 79.5 Å². The number of rotatable bonds is 4. The topological polar surface area (TPSA) is 36.0 Å². The van der Waals surface area contributed by atoms with Crippen LogP contribution in [0.2, 0.25) is 0 Å². The van der Waals surface area contributed by atoms with Crippen molar-refractivity contribution in [1.29, 1.82) is 0 Å². The zero-order valence-electron chi connectivity index (χ0n) is 51.7. The van der Waals surface area contributed by atoms with Gasteiger partial charge in [-0.1, -0.05) is 212 Å². The van der Waals surface area contributed by atoms with E-state index < -0.39 is 0 Å². The molecule has 2 unspecified atom stereocenters. The average Bonchev–Trinajstić information content (AvgIpc) is 2.12. The molecule has 1 saturated carbocycles. The molecule has 1 aliphatic carbocycles. The first-order valence-electron chi connectivity index (χ1n) is 30.9. The molecule has 0 N–H and O–H groups in total. The summed E-state index contributed by atoms with van der Waals surface area (Å²) in [5.74, 6) is 0. The van der Waals surface area contributed by atoms with E-state index in [9.17, 15) is 0 Å². The summed E-state index contributed by atoms with van der Waals surface area (Å²) in [6, 6.07) is 65.4. The molecule has 0 saturated heterocycles. The highest BCUT2D eigenvalue weighted by Gasteiger charge is 2.58. The lowest BCUT2D eigenvalue weighted by molar-refractivity contribution is 0.195. The van der Waals surface area contributed by atoms with Crippen LogP contribution in [0.3, 0.4) is 0 Å². The highest BCUT2D eigenvalue weighted by Crippen LogP contribution is 2.63. The molecule has 5 heterocycles. The van der Waals surface area contributed by atoms with Crippen LogP contribution < -0.4 is 31.1 Å². The molecule has 84 heavy (non-hydrogen) atoms. The summed E-state index contributed by atoms with van der Waals surface area (Å²) in [7, 11) is 0. The molecule has 9 aromatic carbocycles. The Labute approximate surface area is 497 Å². The summed E-state index contributed by atoms with van der Waals surface area (Å²) in [5, 5.41) is 4.49. The van der Waals surface area contributed by atoms with Gasteiger partial charge in [0.1, 0.15) is 11.2 Å². The van der Waals surface area contributed by atoms with Gasteiger partial charge in [-0.25, -0.2) is 0 Å². The van der Waals surface area contributed by atoms with E-state index in [1.807, 2.05) is 0 Å². The quantitative estimate of drug-likeness (QED) is 0.164. The molecule has 5 nitrogen and oxygen atoms in total. The zero-order valence-corrected chi connectivity index (χ0v) is 51.7. The number of hydrogen-bond donors (Lipinski definition) is 0. The maximum Gasteiger partial charge on any atom is 0.252 e. The van der Waals surface area contributed by atoms with Gasteiger partial charge in [0.25, 0.3) is 6.71 Å². The Morgan fingerprint density at radius 2 is 0.988 bits per heavy atom. The van der Waals surface area contributed by atoms with Gasteiger partial charge in [0.05, 0.1) is 22.6 Å². The summed E-state index contributed by atoms with van der Waals surface area (Å²) in [6.07, 6.45) is 4.59. The van der Waals surface area contributed by atoms with Gasteiger partial charge in [-0.3, -0.25) is 0 Å². The van der Waals surface area contributed by atoms with Crippen molar-refractivity contribution in [2.75, 3.05) is 14.7 Å². The van der Waals surface area contributed by atoms with Crippen molar-refractivity contribution in [3.05, 3.63) is 198 Å². The average molecular weight is 1100 g/mol. The first kappa shape index (κ1) is 52.8. The lowest BCUT2D eigenvalue weighted by atomic mass is 9.33. The smallest absolute Gasteiger partial charge is 0.252 e. The molecule has 3 aliphatic heterocycles. The molecule has 0 spiro atoms. The summed E-state index contributed by atoms with van der Waals surface area (Å²) in [6.45, 7) is 33.0. The second kappa shape index (κ2) is 17.8. The van der Waals surface area contributed by atoms with Crippen LogP contribution >= 0.6 is 0 Å². The summed E-state index contributed by atoms with van der Waals surface area (Å²) in [4.78, 5) is 8.05. The number of anilines is 8. The fourth-order valence-electron chi connectivity index (χ4n) is 15.4. The van der Waals surface area contributed by atoms with Gasteiger partial charge in [0.15, 0.2) is 11.2 Å². The molecule has 1 fully saturated rings. The van der Waals surface area contributed by atoms with Gasteiger partial charge in [-0.2, -0.15) is 0 Å². The van der Waals surface area contributed by atoms with Crippen molar-refractivity contribution in [1.82, 2.24) is 0 Å². The second-order valence-electron chi connectivity index (χ2n) is 29.7. The highest BCUT2D eigenvalue weighted by molar-refractivity contribution is 7.00. The Morgan fingerprint density at radius 3 is 1.71 bits per heavy atom. The minimum absolute atomic E-state index is 0.00348. The van der Waals surface area contributed by atoms with Gasteiger partial charge >= 0.3 is 0 Å². The van der Waals surface area contributed by atoms with Crippen LogP contribution in [0.4, 0.5) is 45.5 Å². The number of furan rings is 2. The van der Waals surface area contributed by atoms with E-state index in [4.69, 9.17) is 8.83 Å². The summed E-state index contributed by atoms with van der Waals surface area (Å²) in [5.41, 5.74) is 25.0. The molecular formula is C78H78BN3O2. The third-order valence-corrected chi connectivity index (χ3v) is 20.4. The van der Waals surface area contributed by atoms with Gasteiger partial charge in [0.2, 0.25) is 0 Å². The minimum atomic E-state index is -0.236. The van der Waals surface area contributed by atoms with E-state index in [0.717, 1.165) is 90.8 Å². The molecule has 0 bridgehead atoms. The minimum Gasteiger partial charge on any atom is -0.454 e. The predicted octanol–water partition coefficient (Wildman–Crippen LogP) is 20.2. The van der Waals surface area contributed by atoms with Crippen molar-refractivity contribution in [2.45, 2.75) is 155 Å². The zero-order chi connectivity index (χ0) is 58.4. The fraction of sp³-hybridized carbons (Fsp3) is 0.308. The van der Waals surface area contributed by atoms with E-state index in [0.29, 0.717) is 0 Å². The van der Waals surface area contributed by atoms with Crippen LogP contribution in [0.5, 0.6) is 0 Å². The van der Waals surface area contributed by atoms with Crippen LogP contribution in [0, 0.1) is 0 Å². The van der Waals surface area contributed by atoms with Gasteiger partial charge in [0, 0.05) is 61.0 Å². The van der Waals surface area contributed by atoms with Crippen molar-refractivity contribution < 1.29 is 8.83 Å². The second-order valence-corrected chi connectivity index (χ2v) is 29.7. The van der Waals surface area contributed by atoms with Crippen molar-refractivity contribution >= 4 is 112 Å². The third kappa shape index (κ3) is 7.60. The van der Waals surface area contributed by atoms with Gasteiger partial charge < -0.3 is 23.5 Å². The normalized spacial score (nSPS) is 18.6. The monoisotopic (exact) mass is 1100 g/mol. The van der Waals surface area contributed by atoms with E-state index in [2.05, 4.69) is 281 Å². The van der Waals surface area contributed by atoms with E-state index in [-0.39, 0.29) is 39.3 Å². The van der Waals surface area contributed by atoms with Crippen molar-refractivity contribution in [3.8, 4) is 11.1 Å². The van der Waals surface area contributed by atoms with E-state index in [1.54, 1.807) is 0 Å². The molecule has 4 aliphatic rings. The molecule has 15 rings (SSSR count). The molecule has 11 aromatic rings. The van der Waals surface area contributed by atoms with Crippen LogP contribution in [0.1, 0.15) is 150 Å². The van der Waals surface area contributed by atoms with Crippen LogP contribution in [0.15, 0.2) is 179 Å². The largest absolute Gasteiger partial charge is 0.454 e. The molecule has 2 aromatic heterocycles. The lowest BCUT2D eigenvalue weighted by Crippen LogP contribution is -2.61. The Bertz CT molecular complexity index is 4550. The van der Waals surface area contributed by atoms with Crippen molar-refractivity contribution in [2.24, 2.45) is 0 Å². The third-order valence-electron chi connectivity index (χ3n) is 20.4. The number of hydrogen-bond acceptors (Lipinski definition) is 5. The fourth-order valence-corrected chi connectivity index (χ4v) is 15.4. The maximum absolute atomic E-state index is 7.52. The van der Waals surface area contributed by atoms with Gasteiger partial charge in [-0.15, -0.1) is 0 Å². The van der Waals surface area contributed by atoms with Gasteiger partial charge in [-0.05, 0) is 152 Å². The molecule has 2 atom stereocenters. The standard InChI is InChI=1S/C78H78BN3O2/c1-73(2,3)48-29-35-61(56(41-48)47-23-16-15-17-24-47)81-66-46-52(82-62-36-30-50(75(7,8)9)43-58(62)77(13)39-20-21-40-78(77,82)14)45-65-69(66)79(59-34-33-55-57-42-49(74(4,5)6)32-38-68(57)84-72(55)70(59)81)60-44-51(76(10,11)12)31-37-63(60)80(65)64-27-22-26-54-53-25-18-19-28-67(53)83-71(54)64/h15-19,22-38,41-46H,20-21,39-40H2,1-14H3. The van der Waals surface area contributed by atoms with Crippen molar-refractivity contribution in [3.63, 3.8) is 0 Å². The predicted molar refractivity (Wildman–Crippen MR) is 358 cm³/mol. The molecule has 0 amide bonds. The first-order chi connectivity index (χ1) is 39.9. The Balaban J connectivity index is 1.13. The van der Waals surface area contributed by atoms with Crippen LogP contribution in [-0.4, -0.2) is 12.3 Å². The number of benzene rings is 9. The lowest BCUT2D eigenvalue weighted by Gasteiger charge is -2.51. The molecule has 420 valence electrons. The summed E-state index contributed by atoms with van der Waals surface area (Å²) >= 11 is 0. The Hall–Kier alpha value is -7.96. The van der Waals surface area contributed by atoms with Crippen LogP contribution in [0.25, 0.3) is 55.0 Å². The van der Waals surface area contributed by atoms with Crippen LogP contribution in [-0.2, 0) is 27.1 Å². The summed E-state index contributed by atoms with van der Waals surface area (Å²) < 4.78 is 14.7. The molecule has 6 heteroatoms. The maximum atomic E-state index is 7.52.